The van der Waals surface area contributed by atoms with E-state index in [0.717, 1.165) is 30.9 Å². The van der Waals surface area contributed by atoms with E-state index in [2.05, 4.69) is 18.7 Å². The number of benzene rings is 2. The van der Waals surface area contributed by atoms with Gasteiger partial charge in [0.1, 0.15) is 29.4 Å². The van der Waals surface area contributed by atoms with Crippen LogP contribution in [0.2, 0.25) is 0 Å². The lowest BCUT2D eigenvalue weighted by Gasteiger charge is -2.35. The van der Waals surface area contributed by atoms with Gasteiger partial charge in [0.05, 0.1) is 30.3 Å². The van der Waals surface area contributed by atoms with Crippen LogP contribution in [0.4, 0.5) is 0 Å². The van der Waals surface area contributed by atoms with Crippen molar-refractivity contribution in [3.63, 3.8) is 0 Å². The summed E-state index contributed by atoms with van der Waals surface area (Å²) in [6, 6.07) is 12.8. The summed E-state index contributed by atoms with van der Waals surface area (Å²) in [4.78, 5) is 15.5. The van der Waals surface area contributed by atoms with Crippen molar-refractivity contribution in [3.05, 3.63) is 58.4 Å². The Morgan fingerprint density at radius 2 is 1.71 bits per heavy atom. The molecule has 3 aromatic rings. The fourth-order valence-corrected chi connectivity index (χ4v) is 4.23. The smallest absolute Gasteiger partial charge is 0.200 e. The summed E-state index contributed by atoms with van der Waals surface area (Å²) >= 11 is 0. The minimum Gasteiger partial charge on any atom is -0.497 e. The van der Waals surface area contributed by atoms with Crippen LogP contribution in [0.15, 0.2) is 51.7 Å². The van der Waals surface area contributed by atoms with Crippen molar-refractivity contribution in [2.24, 2.45) is 0 Å². The zero-order chi connectivity index (χ0) is 22.0. The summed E-state index contributed by atoms with van der Waals surface area (Å²) in [5, 5.41) is 0.541. The second kappa shape index (κ2) is 9.12. The third-order valence-corrected chi connectivity index (χ3v) is 5.59. The zero-order valence-electron chi connectivity index (χ0n) is 18.5. The van der Waals surface area contributed by atoms with Gasteiger partial charge in [0, 0.05) is 25.7 Å². The fraction of sp³-hybridized carbons (Fsp3) is 0.400. The van der Waals surface area contributed by atoms with E-state index in [4.69, 9.17) is 18.6 Å². The number of hydrogen-bond acceptors (Lipinski definition) is 6. The van der Waals surface area contributed by atoms with E-state index in [1.54, 1.807) is 19.2 Å². The number of aryl methyl sites for hydroxylation is 1. The lowest BCUT2D eigenvalue weighted by Crippen LogP contribution is -2.46. The Morgan fingerprint density at radius 3 is 2.39 bits per heavy atom. The van der Waals surface area contributed by atoms with Crippen molar-refractivity contribution in [2.45, 2.75) is 33.0 Å². The Hall–Kier alpha value is -2.83. The lowest BCUT2D eigenvalue weighted by molar-refractivity contribution is -0.0699. The Kier molecular flexibility index (Phi) is 6.30. The first-order chi connectivity index (χ1) is 14.9. The minimum absolute atomic E-state index is 0.0493. The molecule has 4 rings (SSSR count). The number of morpholine rings is 1. The predicted octanol–water partition coefficient (Wildman–Crippen LogP) is 4.27. The molecule has 0 unspecified atom stereocenters. The highest BCUT2D eigenvalue weighted by atomic mass is 16.5. The molecule has 0 spiro atoms. The van der Waals surface area contributed by atoms with Crippen LogP contribution in [0.25, 0.3) is 22.1 Å². The van der Waals surface area contributed by atoms with E-state index in [0.29, 0.717) is 34.6 Å². The second-order valence-corrected chi connectivity index (χ2v) is 8.11. The number of fused-ring (bicyclic) bond motifs is 1. The molecule has 0 aliphatic carbocycles. The maximum Gasteiger partial charge on any atom is 0.200 e. The van der Waals surface area contributed by atoms with Crippen molar-refractivity contribution in [1.82, 2.24) is 4.90 Å². The van der Waals surface area contributed by atoms with E-state index in [-0.39, 0.29) is 17.6 Å². The van der Waals surface area contributed by atoms with Gasteiger partial charge in [0.25, 0.3) is 0 Å². The van der Waals surface area contributed by atoms with E-state index in [1.165, 1.54) is 0 Å². The first-order valence-corrected chi connectivity index (χ1v) is 10.7. The van der Waals surface area contributed by atoms with Gasteiger partial charge in [-0.2, -0.15) is 0 Å². The molecule has 1 aliphatic heterocycles. The Bertz CT molecular complexity index is 1100. The molecule has 2 atom stereocenters. The summed E-state index contributed by atoms with van der Waals surface area (Å²) in [6.45, 7) is 9.22. The molecule has 1 aliphatic rings. The SMILES string of the molecule is COc1ccc(-c2c(C)oc3cc(OCCN4C[C@H](C)O[C@@H](C)C4)ccc3c2=O)cc1. The van der Waals surface area contributed by atoms with Gasteiger partial charge >= 0.3 is 0 Å². The first kappa shape index (κ1) is 21.4. The molecule has 164 valence electrons. The molecule has 0 amide bonds. The van der Waals surface area contributed by atoms with Crippen LogP contribution in [0, 0.1) is 6.92 Å². The van der Waals surface area contributed by atoms with Crippen LogP contribution in [0.3, 0.4) is 0 Å². The molecule has 0 bridgehead atoms. The monoisotopic (exact) mass is 423 g/mol. The molecule has 31 heavy (non-hydrogen) atoms. The van der Waals surface area contributed by atoms with Crippen LogP contribution >= 0.6 is 0 Å². The minimum atomic E-state index is -0.0493. The molecule has 0 saturated carbocycles. The molecule has 6 heteroatoms. The summed E-state index contributed by atoms with van der Waals surface area (Å²) < 4.78 is 22.9. The van der Waals surface area contributed by atoms with Gasteiger partial charge < -0.3 is 18.6 Å². The fourth-order valence-electron chi connectivity index (χ4n) is 4.23. The van der Waals surface area contributed by atoms with Crippen molar-refractivity contribution in [1.29, 1.82) is 0 Å². The lowest BCUT2D eigenvalue weighted by atomic mass is 10.0. The van der Waals surface area contributed by atoms with Gasteiger partial charge in [-0.25, -0.2) is 0 Å². The van der Waals surface area contributed by atoms with E-state index in [1.807, 2.05) is 37.3 Å². The molecule has 1 fully saturated rings. The van der Waals surface area contributed by atoms with Gasteiger partial charge in [-0.1, -0.05) is 12.1 Å². The highest BCUT2D eigenvalue weighted by Crippen LogP contribution is 2.27. The predicted molar refractivity (Wildman–Crippen MR) is 121 cm³/mol. The van der Waals surface area contributed by atoms with E-state index >= 15 is 0 Å². The molecule has 1 aromatic heterocycles. The molecule has 0 N–H and O–H groups in total. The standard InChI is InChI=1S/C25H29NO5/c1-16-14-26(15-17(2)30-16)11-12-29-21-9-10-22-23(13-21)31-18(3)24(25(22)27)19-5-7-20(28-4)8-6-19/h5-10,13,16-17H,11-12,14-15H2,1-4H3/t16-,17-/m0/s1. The molecular formula is C25H29NO5. The van der Waals surface area contributed by atoms with E-state index in [9.17, 15) is 4.79 Å². The molecular weight excluding hydrogens is 394 g/mol. The van der Waals surface area contributed by atoms with Gasteiger partial charge in [-0.3, -0.25) is 9.69 Å². The van der Waals surface area contributed by atoms with Crippen molar-refractivity contribution in [2.75, 3.05) is 33.4 Å². The van der Waals surface area contributed by atoms with E-state index < -0.39 is 0 Å². The highest BCUT2D eigenvalue weighted by molar-refractivity contribution is 5.83. The van der Waals surface area contributed by atoms with Crippen LogP contribution < -0.4 is 14.9 Å². The summed E-state index contributed by atoms with van der Waals surface area (Å²) in [6.07, 6.45) is 0.475. The average molecular weight is 424 g/mol. The van der Waals surface area contributed by atoms with Gasteiger partial charge in [0.2, 0.25) is 5.43 Å². The van der Waals surface area contributed by atoms with Gasteiger partial charge in [-0.05, 0) is 50.6 Å². The third kappa shape index (κ3) is 4.75. The zero-order valence-corrected chi connectivity index (χ0v) is 18.5. The molecule has 0 radical (unpaired) electrons. The normalized spacial score (nSPS) is 19.5. The number of rotatable bonds is 6. The van der Waals surface area contributed by atoms with Crippen LogP contribution in [-0.2, 0) is 4.74 Å². The van der Waals surface area contributed by atoms with Crippen LogP contribution in [-0.4, -0.2) is 50.5 Å². The molecule has 2 heterocycles. The number of nitrogens with zero attached hydrogens (tertiary/aromatic N) is 1. The number of hydrogen-bond donors (Lipinski definition) is 0. The Labute approximate surface area is 182 Å². The Balaban J connectivity index is 1.51. The molecule has 1 saturated heterocycles. The van der Waals surface area contributed by atoms with Gasteiger partial charge in [0.15, 0.2) is 0 Å². The first-order valence-electron chi connectivity index (χ1n) is 10.7. The van der Waals surface area contributed by atoms with Crippen LogP contribution in [0.1, 0.15) is 19.6 Å². The number of ether oxygens (including phenoxy) is 3. The average Bonchev–Trinajstić information content (AvgIpc) is 2.73. The summed E-state index contributed by atoms with van der Waals surface area (Å²) in [7, 11) is 1.62. The second-order valence-electron chi connectivity index (χ2n) is 8.11. The quantitative estimate of drug-likeness (QED) is 0.590. The highest BCUT2D eigenvalue weighted by Gasteiger charge is 2.21. The van der Waals surface area contributed by atoms with Crippen molar-refractivity contribution >= 4 is 11.0 Å². The maximum absolute atomic E-state index is 13.1. The topological polar surface area (TPSA) is 61.1 Å². The van der Waals surface area contributed by atoms with Gasteiger partial charge in [-0.15, -0.1) is 0 Å². The molecule has 2 aromatic carbocycles. The van der Waals surface area contributed by atoms with Crippen molar-refractivity contribution < 1.29 is 18.6 Å². The molecule has 6 nitrogen and oxygen atoms in total. The summed E-state index contributed by atoms with van der Waals surface area (Å²) in [5.41, 5.74) is 1.86. The number of methoxy groups -OCH3 is 1. The Morgan fingerprint density at radius 1 is 1.03 bits per heavy atom. The summed E-state index contributed by atoms with van der Waals surface area (Å²) in [5.74, 6) is 2.02. The third-order valence-electron chi connectivity index (χ3n) is 5.59. The van der Waals surface area contributed by atoms with Crippen LogP contribution in [0.5, 0.6) is 11.5 Å². The maximum atomic E-state index is 13.1. The largest absolute Gasteiger partial charge is 0.497 e. The van der Waals surface area contributed by atoms with Crippen molar-refractivity contribution in [3.8, 4) is 22.6 Å².